The number of rotatable bonds is 7. The highest BCUT2D eigenvalue weighted by atomic mass is 79.9. The van der Waals surface area contributed by atoms with Crippen molar-refractivity contribution < 1.29 is 23.6 Å². The monoisotopic (exact) mass is 457 g/mol. The minimum absolute atomic E-state index is 0.207. The van der Waals surface area contributed by atoms with Gasteiger partial charge in [-0.2, -0.15) is 0 Å². The number of aryl methyl sites for hydroxylation is 2. The van der Waals surface area contributed by atoms with Crippen LogP contribution in [0.5, 0.6) is 5.75 Å². The molecule has 1 aromatic heterocycles. The number of hydrogen-bond acceptors (Lipinski definition) is 6. The summed E-state index contributed by atoms with van der Waals surface area (Å²) in [5, 5.41) is 3.89. The Morgan fingerprint density at radius 3 is 2.45 bits per heavy atom. The summed E-state index contributed by atoms with van der Waals surface area (Å²) in [7, 11) is 0. The van der Waals surface area contributed by atoms with Crippen molar-refractivity contribution in [3.63, 3.8) is 0 Å². The quantitative estimate of drug-likeness (QED) is 0.364. The van der Waals surface area contributed by atoms with Gasteiger partial charge in [0.15, 0.2) is 6.10 Å². The molecule has 0 N–H and O–H groups in total. The van der Waals surface area contributed by atoms with Gasteiger partial charge >= 0.3 is 5.97 Å². The lowest BCUT2D eigenvalue weighted by atomic mass is 10.1. The molecule has 3 aromatic rings. The Morgan fingerprint density at radius 1 is 1.10 bits per heavy atom. The summed E-state index contributed by atoms with van der Waals surface area (Å²) in [6, 6.07) is 13.6. The first-order chi connectivity index (χ1) is 13.9. The smallest absolute Gasteiger partial charge is 0.342 e. The number of aromatic nitrogens is 1. The number of benzene rings is 2. The fourth-order valence-electron chi connectivity index (χ4n) is 2.75. The Hall–Kier alpha value is -2.93. The number of ketones is 1. The van der Waals surface area contributed by atoms with Crippen LogP contribution < -0.4 is 4.74 Å². The minimum atomic E-state index is -0.931. The molecule has 1 unspecified atom stereocenters. The molecule has 29 heavy (non-hydrogen) atoms. The SMILES string of the molecule is Cc1noc(C)c1COc1ccccc1C(=O)OC(C)C(=O)c1ccc(Br)cc1. The second kappa shape index (κ2) is 9.05. The van der Waals surface area contributed by atoms with Gasteiger partial charge in [-0.25, -0.2) is 4.79 Å². The van der Waals surface area contributed by atoms with E-state index in [4.69, 9.17) is 14.0 Å². The summed E-state index contributed by atoms with van der Waals surface area (Å²) in [4.78, 5) is 25.2. The molecule has 0 saturated heterocycles. The molecular formula is C22H20BrNO5. The first-order valence-corrected chi connectivity index (χ1v) is 9.80. The number of carbonyl (C=O) groups excluding carboxylic acids is 2. The van der Waals surface area contributed by atoms with E-state index < -0.39 is 12.1 Å². The summed E-state index contributed by atoms with van der Waals surface area (Å²) in [5.41, 5.74) is 2.27. The van der Waals surface area contributed by atoms with E-state index in [1.807, 2.05) is 6.92 Å². The summed E-state index contributed by atoms with van der Waals surface area (Å²) < 4.78 is 17.2. The van der Waals surface area contributed by atoms with Crippen LogP contribution >= 0.6 is 15.9 Å². The Labute approximate surface area is 176 Å². The van der Waals surface area contributed by atoms with E-state index in [1.54, 1.807) is 62.4 Å². The van der Waals surface area contributed by atoms with Gasteiger partial charge in [0.2, 0.25) is 5.78 Å². The topological polar surface area (TPSA) is 78.6 Å². The second-order valence-corrected chi connectivity index (χ2v) is 7.42. The molecule has 0 aliphatic rings. The standard InChI is InChI=1S/C22H20BrNO5/c1-13-19(14(2)29-24-13)12-27-20-7-5-4-6-18(20)22(26)28-15(3)21(25)16-8-10-17(23)11-9-16/h4-11,15H,12H2,1-3H3. The van der Waals surface area contributed by atoms with Crippen molar-refractivity contribution in [1.29, 1.82) is 0 Å². The van der Waals surface area contributed by atoms with Crippen molar-refractivity contribution in [3.8, 4) is 5.75 Å². The van der Waals surface area contributed by atoms with Crippen LogP contribution in [0.3, 0.4) is 0 Å². The molecule has 0 spiro atoms. The van der Waals surface area contributed by atoms with Crippen LogP contribution in [0.4, 0.5) is 0 Å². The van der Waals surface area contributed by atoms with E-state index in [0.717, 1.165) is 15.7 Å². The van der Waals surface area contributed by atoms with Gasteiger partial charge in [-0.3, -0.25) is 4.79 Å². The Bertz CT molecular complexity index is 1010. The lowest BCUT2D eigenvalue weighted by molar-refractivity contribution is 0.0314. The van der Waals surface area contributed by atoms with Crippen LogP contribution in [0, 0.1) is 13.8 Å². The van der Waals surface area contributed by atoms with Crippen LogP contribution in [0.15, 0.2) is 57.5 Å². The molecule has 1 heterocycles. The maximum Gasteiger partial charge on any atom is 0.342 e. The first kappa shape index (κ1) is 20.8. The number of esters is 1. The predicted octanol–water partition coefficient (Wildman–Crippen LogP) is 5.06. The number of ether oxygens (including phenoxy) is 2. The van der Waals surface area contributed by atoms with E-state index >= 15 is 0 Å². The molecule has 0 aliphatic heterocycles. The number of hydrogen-bond donors (Lipinski definition) is 0. The fraction of sp³-hybridized carbons (Fsp3) is 0.227. The van der Waals surface area contributed by atoms with Crippen LogP contribution in [-0.2, 0) is 11.3 Å². The molecule has 0 aliphatic carbocycles. The molecule has 1 atom stereocenters. The Balaban J connectivity index is 1.70. The third kappa shape index (κ3) is 4.92. The summed E-state index contributed by atoms with van der Waals surface area (Å²) >= 11 is 3.33. The summed E-state index contributed by atoms with van der Waals surface area (Å²) in [6.45, 7) is 5.38. The molecule has 150 valence electrons. The molecule has 0 fully saturated rings. The predicted molar refractivity (Wildman–Crippen MR) is 110 cm³/mol. The third-order valence-electron chi connectivity index (χ3n) is 4.44. The normalized spacial score (nSPS) is 11.7. The average Bonchev–Trinajstić information content (AvgIpc) is 3.04. The third-order valence-corrected chi connectivity index (χ3v) is 4.97. The molecule has 0 radical (unpaired) electrons. The van der Waals surface area contributed by atoms with Gasteiger partial charge in [-0.1, -0.05) is 45.4 Å². The molecule has 6 nitrogen and oxygen atoms in total. The summed E-state index contributed by atoms with van der Waals surface area (Å²) in [6.07, 6.45) is -0.931. The highest BCUT2D eigenvalue weighted by molar-refractivity contribution is 9.10. The van der Waals surface area contributed by atoms with Crippen molar-refractivity contribution >= 4 is 27.7 Å². The molecule has 0 saturated carbocycles. The lowest BCUT2D eigenvalue weighted by Crippen LogP contribution is -2.24. The highest BCUT2D eigenvalue weighted by Gasteiger charge is 2.22. The largest absolute Gasteiger partial charge is 0.488 e. The van der Waals surface area contributed by atoms with E-state index in [1.165, 1.54) is 0 Å². The van der Waals surface area contributed by atoms with Crippen molar-refractivity contribution in [2.24, 2.45) is 0 Å². The lowest BCUT2D eigenvalue weighted by Gasteiger charge is -2.15. The van der Waals surface area contributed by atoms with E-state index in [2.05, 4.69) is 21.1 Å². The van der Waals surface area contributed by atoms with Gasteiger partial charge in [0, 0.05) is 10.0 Å². The van der Waals surface area contributed by atoms with Crippen molar-refractivity contribution in [2.45, 2.75) is 33.5 Å². The molecular weight excluding hydrogens is 438 g/mol. The number of halogens is 1. The van der Waals surface area contributed by atoms with Gasteiger partial charge in [0.1, 0.15) is 23.7 Å². The molecule has 2 aromatic carbocycles. The highest BCUT2D eigenvalue weighted by Crippen LogP contribution is 2.23. The number of carbonyl (C=O) groups is 2. The van der Waals surface area contributed by atoms with Crippen molar-refractivity contribution in [3.05, 3.63) is 81.1 Å². The second-order valence-electron chi connectivity index (χ2n) is 6.51. The average molecular weight is 458 g/mol. The Kier molecular flexibility index (Phi) is 6.49. The maximum atomic E-state index is 12.7. The molecule has 3 rings (SSSR count). The van der Waals surface area contributed by atoms with Crippen LogP contribution in [-0.4, -0.2) is 23.0 Å². The van der Waals surface area contributed by atoms with Gasteiger partial charge in [-0.15, -0.1) is 0 Å². The van der Waals surface area contributed by atoms with Crippen LogP contribution in [0.2, 0.25) is 0 Å². The molecule has 7 heteroatoms. The maximum absolute atomic E-state index is 12.7. The zero-order chi connectivity index (χ0) is 21.0. The zero-order valence-electron chi connectivity index (χ0n) is 16.3. The van der Waals surface area contributed by atoms with Crippen LogP contribution in [0.1, 0.15) is 44.7 Å². The molecule has 0 bridgehead atoms. The number of para-hydroxylation sites is 1. The number of nitrogens with zero attached hydrogens (tertiary/aromatic N) is 1. The van der Waals surface area contributed by atoms with Gasteiger partial charge in [-0.05, 0) is 45.0 Å². The fourth-order valence-corrected chi connectivity index (χ4v) is 3.01. The first-order valence-electron chi connectivity index (χ1n) is 9.01. The van der Waals surface area contributed by atoms with Crippen molar-refractivity contribution in [1.82, 2.24) is 5.16 Å². The van der Waals surface area contributed by atoms with Crippen LogP contribution in [0.25, 0.3) is 0 Å². The van der Waals surface area contributed by atoms with E-state index in [0.29, 0.717) is 17.1 Å². The Morgan fingerprint density at radius 2 is 1.79 bits per heavy atom. The summed E-state index contributed by atoms with van der Waals surface area (Å²) in [5.74, 6) is 0.120. The molecule has 0 amide bonds. The minimum Gasteiger partial charge on any atom is -0.488 e. The van der Waals surface area contributed by atoms with Gasteiger partial charge in [0.25, 0.3) is 0 Å². The van der Waals surface area contributed by atoms with Crippen molar-refractivity contribution in [2.75, 3.05) is 0 Å². The van der Waals surface area contributed by atoms with E-state index in [-0.39, 0.29) is 18.0 Å². The van der Waals surface area contributed by atoms with E-state index in [9.17, 15) is 9.59 Å². The van der Waals surface area contributed by atoms with Gasteiger partial charge < -0.3 is 14.0 Å². The van der Waals surface area contributed by atoms with Gasteiger partial charge in [0.05, 0.1) is 11.3 Å². The number of Topliss-reactive ketones (excluding diaryl/α,β-unsaturated/α-hetero) is 1. The zero-order valence-corrected chi connectivity index (χ0v) is 17.9.